The molecule has 3 rings (SSSR count). The largest absolute Gasteiger partial charge is 0.452 e. The van der Waals surface area contributed by atoms with Crippen LogP contribution in [-0.4, -0.2) is 63.3 Å². The van der Waals surface area contributed by atoms with Crippen LogP contribution in [0.1, 0.15) is 42.5 Å². The van der Waals surface area contributed by atoms with E-state index in [4.69, 9.17) is 4.74 Å². The molecular formula is C20H28N2O5S. The van der Waals surface area contributed by atoms with Gasteiger partial charge in [-0.2, -0.15) is 0 Å². The van der Waals surface area contributed by atoms with Crippen molar-refractivity contribution < 1.29 is 22.7 Å². The number of benzene rings is 1. The summed E-state index contributed by atoms with van der Waals surface area (Å²) in [5.41, 5.74) is 0.113. The Morgan fingerprint density at radius 3 is 2.57 bits per heavy atom. The van der Waals surface area contributed by atoms with E-state index in [0.29, 0.717) is 12.5 Å². The second-order valence-electron chi connectivity index (χ2n) is 7.82. The standard InChI is InChI=1S/C20H28N2O5S/c1-21(2)28(25,26)18-9-5-8-16(12-18)20(24)27-14-19(23)22-11-10-15-6-3-4-7-17(15)13-22/h5,8-9,12,15,17H,3-4,6-7,10-11,13-14H2,1-2H3/t15-,17+/m0/s1. The number of carbonyl (C=O) groups excluding carboxylic acids is 2. The third-order valence-corrected chi connectivity index (χ3v) is 7.63. The molecule has 0 bridgehead atoms. The summed E-state index contributed by atoms with van der Waals surface area (Å²) in [5.74, 6) is 0.406. The molecule has 7 nitrogen and oxygen atoms in total. The Morgan fingerprint density at radius 2 is 1.86 bits per heavy atom. The topological polar surface area (TPSA) is 84.0 Å². The monoisotopic (exact) mass is 408 g/mol. The molecule has 1 aromatic rings. The van der Waals surface area contributed by atoms with Crippen LogP contribution in [0.2, 0.25) is 0 Å². The number of hydrogen-bond acceptors (Lipinski definition) is 5. The fourth-order valence-electron chi connectivity index (χ4n) is 4.12. The molecule has 1 aliphatic carbocycles. The second kappa shape index (κ2) is 8.61. The van der Waals surface area contributed by atoms with Gasteiger partial charge in [-0.25, -0.2) is 17.5 Å². The van der Waals surface area contributed by atoms with E-state index in [2.05, 4.69) is 0 Å². The molecule has 2 fully saturated rings. The summed E-state index contributed by atoms with van der Waals surface area (Å²) in [7, 11) is -0.792. The van der Waals surface area contributed by atoms with Gasteiger partial charge in [0.1, 0.15) is 0 Å². The zero-order chi connectivity index (χ0) is 20.3. The van der Waals surface area contributed by atoms with Gasteiger partial charge in [0.15, 0.2) is 6.61 Å². The van der Waals surface area contributed by atoms with Crippen molar-refractivity contribution in [3.8, 4) is 0 Å². The van der Waals surface area contributed by atoms with Crippen LogP contribution in [0.4, 0.5) is 0 Å². The highest BCUT2D eigenvalue weighted by Crippen LogP contribution is 2.36. The maximum absolute atomic E-state index is 12.5. The summed E-state index contributed by atoms with van der Waals surface area (Å²) >= 11 is 0. The van der Waals surface area contributed by atoms with Crippen LogP contribution in [0.3, 0.4) is 0 Å². The molecule has 1 aromatic carbocycles. The van der Waals surface area contributed by atoms with Gasteiger partial charge in [-0.05, 0) is 42.9 Å². The Bertz CT molecular complexity index is 837. The molecule has 1 saturated carbocycles. The van der Waals surface area contributed by atoms with Crippen LogP contribution >= 0.6 is 0 Å². The van der Waals surface area contributed by atoms with Gasteiger partial charge in [-0.1, -0.05) is 25.3 Å². The SMILES string of the molecule is CN(C)S(=O)(=O)c1cccc(C(=O)OCC(=O)N2CC[C@@H]3CCCC[C@@H]3C2)c1. The molecule has 8 heteroatoms. The van der Waals surface area contributed by atoms with Crippen molar-refractivity contribution in [3.63, 3.8) is 0 Å². The molecule has 1 amide bonds. The van der Waals surface area contributed by atoms with Crippen LogP contribution < -0.4 is 0 Å². The lowest BCUT2D eigenvalue weighted by Crippen LogP contribution is -2.46. The fraction of sp³-hybridized carbons (Fsp3) is 0.600. The number of piperidine rings is 1. The van der Waals surface area contributed by atoms with Crippen LogP contribution in [-0.2, 0) is 19.6 Å². The van der Waals surface area contributed by atoms with Gasteiger partial charge in [0.25, 0.3) is 5.91 Å². The number of likely N-dealkylation sites (tertiary alicyclic amines) is 1. The highest BCUT2D eigenvalue weighted by atomic mass is 32.2. The molecule has 0 aromatic heterocycles. The number of sulfonamides is 1. The first-order valence-corrected chi connectivity index (χ1v) is 11.2. The normalized spacial score (nSPS) is 22.6. The molecule has 2 aliphatic rings. The average Bonchev–Trinajstić information content (AvgIpc) is 2.71. The molecule has 1 aliphatic heterocycles. The lowest BCUT2D eigenvalue weighted by molar-refractivity contribution is -0.137. The van der Waals surface area contributed by atoms with E-state index in [0.717, 1.165) is 23.2 Å². The maximum atomic E-state index is 12.5. The number of carbonyl (C=O) groups is 2. The predicted molar refractivity (Wildman–Crippen MR) is 104 cm³/mol. The summed E-state index contributed by atoms with van der Waals surface area (Å²) in [6.07, 6.45) is 5.96. The van der Waals surface area contributed by atoms with Gasteiger partial charge in [-0.15, -0.1) is 0 Å². The summed E-state index contributed by atoms with van der Waals surface area (Å²) in [6.45, 7) is 1.15. The van der Waals surface area contributed by atoms with Crippen molar-refractivity contribution in [2.75, 3.05) is 33.8 Å². The summed E-state index contributed by atoms with van der Waals surface area (Å²) < 4.78 is 30.7. The van der Waals surface area contributed by atoms with E-state index in [1.165, 1.54) is 64.0 Å². The van der Waals surface area contributed by atoms with Crippen LogP contribution in [0.25, 0.3) is 0 Å². The van der Waals surface area contributed by atoms with Crippen molar-refractivity contribution >= 4 is 21.9 Å². The van der Waals surface area contributed by atoms with Crippen LogP contribution in [0.15, 0.2) is 29.2 Å². The number of hydrogen-bond donors (Lipinski definition) is 0. The van der Waals surface area contributed by atoms with Crippen molar-refractivity contribution in [1.82, 2.24) is 9.21 Å². The summed E-state index contributed by atoms with van der Waals surface area (Å²) in [5, 5.41) is 0. The average molecular weight is 409 g/mol. The maximum Gasteiger partial charge on any atom is 0.338 e. The molecule has 2 atom stereocenters. The van der Waals surface area contributed by atoms with Crippen molar-refractivity contribution in [2.45, 2.75) is 37.0 Å². The van der Waals surface area contributed by atoms with Gasteiger partial charge in [0.2, 0.25) is 10.0 Å². The minimum absolute atomic E-state index is 0.0117. The van der Waals surface area contributed by atoms with E-state index in [-0.39, 0.29) is 23.0 Å². The molecule has 154 valence electrons. The number of rotatable bonds is 5. The number of ether oxygens (including phenoxy) is 1. The number of nitrogens with zero attached hydrogens (tertiary/aromatic N) is 2. The van der Waals surface area contributed by atoms with Crippen molar-refractivity contribution in [1.29, 1.82) is 0 Å². The highest BCUT2D eigenvalue weighted by molar-refractivity contribution is 7.89. The van der Waals surface area contributed by atoms with Gasteiger partial charge in [0, 0.05) is 27.2 Å². The third-order valence-electron chi connectivity index (χ3n) is 5.82. The van der Waals surface area contributed by atoms with E-state index in [1.54, 1.807) is 4.90 Å². The first kappa shape index (κ1) is 20.8. The minimum atomic E-state index is -3.64. The summed E-state index contributed by atoms with van der Waals surface area (Å²) in [4.78, 5) is 26.6. The number of fused-ring (bicyclic) bond motifs is 1. The first-order valence-electron chi connectivity index (χ1n) is 9.76. The number of amides is 1. The van der Waals surface area contributed by atoms with Crippen molar-refractivity contribution in [3.05, 3.63) is 29.8 Å². The molecule has 0 radical (unpaired) electrons. The van der Waals surface area contributed by atoms with Gasteiger partial charge >= 0.3 is 5.97 Å². The molecule has 28 heavy (non-hydrogen) atoms. The first-order chi connectivity index (χ1) is 13.3. The molecule has 0 N–H and O–H groups in total. The quantitative estimate of drug-likeness (QED) is 0.697. The number of esters is 1. The molecule has 0 unspecified atom stereocenters. The lowest BCUT2D eigenvalue weighted by atomic mass is 9.75. The Morgan fingerprint density at radius 1 is 1.14 bits per heavy atom. The van der Waals surface area contributed by atoms with Crippen molar-refractivity contribution in [2.24, 2.45) is 11.8 Å². The van der Waals surface area contributed by atoms with Gasteiger partial charge in [-0.3, -0.25) is 4.79 Å². The smallest absolute Gasteiger partial charge is 0.338 e. The minimum Gasteiger partial charge on any atom is -0.452 e. The van der Waals surface area contributed by atoms with E-state index >= 15 is 0 Å². The predicted octanol–water partition coefficient (Wildman–Crippen LogP) is 2.13. The zero-order valence-corrected chi connectivity index (χ0v) is 17.3. The van der Waals surface area contributed by atoms with E-state index in [9.17, 15) is 18.0 Å². The molecular weight excluding hydrogens is 380 g/mol. The highest BCUT2D eigenvalue weighted by Gasteiger charge is 2.33. The van der Waals surface area contributed by atoms with Gasteiger partial charge in [0.05, 0.1) is 10.5 Å². The Kier molecular flexibility index (Phi) is 6.40. The molecule has 1 saturated heterocycles. The van der Waals surface area contributed by atoms with Crippen LogP contribution in [0.5, 0.6) is 0 Å². The Hall–Kier alpha value is -1.93. The lowest BCUT2D eigenvalue weighted by Gasteiger charge is -2.41. The van der Waals surface area contributed by atoms with Gasteiger partial charge < -0.3 is 9.64 Å². The molecule has 0 spiro atoms. The Labute approximate surface area is 166 Å². The third kappa shape index (κ3) is 4.55. The molecule has 1 heterocycles. The summed E-state index contributed by atoms with van der Waals surface area (Å²) in [6, 6.07) is 5.67. The van der Waals surface area contributed by atoms with E-state index in [1.807, 2.05) is 0 Å². The van der Waals surface area contributed by atoms with Crippen LogP contribution in [0, 0.1) is 11.8 Å². The fourth-order valence-corrected chi connectivity index (χ4v) is 5.07. The van der Waals surface area contributed by atoms with E-state index < -0.39 is 16.0 Å². The second-order valence-corrected chi connectivity index (χ2v) is 9.98. The zero-order valence-electron chi connectivity index (χ0n) is 16.5. The Balaban J connectivity index is 1.57.